The predicted molar refractivity (Wildman–Crippen MR) is 82.8 cm³/mol. The van der Waals surface area contributed by atoms with Gasteiger partial charge in [-0.25, -0.2) is 0 Å². The third kappa shape index (κ3) is 3.75. The maximum Gasteiger partial charge on any atom is 0.225 e. The van der Waals surface area contributed by atoms with Gasteiger partial charge in [0.25, 0.3) is 0 Å². The zero-order valence-electron chi connectivity index (χ0n) is 12.4. The molecule has 1 heterocycles. The monoisotopic (exact) mass is 305 g/mol. The minimum atomic E-state index is -0.306. The van der Waals surface area contributed by atoms with E-state index in [-0.39, 0.29) is 17.9 Å². The molecule has 0 aliphatic carbocycles. The summed E-state index contributed by atoms with van der Waals surface area (Å²) >= 11 is 6.00. The van der Waals surface area contributed by atoms with E-state index in [2.05, 4.69) is 11.0 Å². The predicted octanol–water partition coefficient (Wildman–Crippen LogP) is 2.70. The number of amides is 1. The molecule has 112 valence electrons. The molecule has 1 aromatic carbocycles. The lowest BCUT2D eigenvalue weighted by atomic mass is 10.1. The van der Waals surface area contributed by atoms with Crippen molar-refractivity contribution in [3.63, 3.8) is 0 Å². The fourth-order valence-corrected chi connectivity index (χ4v) is 2.81. The molecule has 1 aromatic rings. The van der Waals surface area contributed by atoms with Gasteiger partial charge in [-0.15, -0.1) is 0 Å². The highest BCUT2D eigenvalue weighted by Crippen LogP contribution is 2.24. The molecule has 1 unspecified atom stereocenters. The number of nitriles is 1. The third-order valence-electron chi connectivity index (χ3n) is 3.77. The number of hydrogen-bond donors (Lipinski definition) is 0. The zero-order valence-corrected chi connectivity index (χ0v) is 13.2. The molecule has 2 rings (SSSR count). The molecular formula is C16H20ClN3O. The van der Waals surface area contributed by atoms with E-state index >= 15 is 0 Å². The van der Waals surface area contributed by atoms with E-state index in [0.29, 0.717) is 31.2 Å². The summed E-state index contributed by atoms with van der Waals surface area (Å²) in [5, 5.41) is 10.1. The van der Waals surface area contributed by atoms with Crippen LogP contribution in [0, 0.1) is 17.2 Å². The van der Waals surface area contributed by atoms with Crippen molar-refractivity contribution in [1.82, 2.24) is 9.80 Å². The molecule has 1 atom stereocenters. The van der Waals surface area contributed by atoms with Crippen LogP contribution in [0.25, 0.3) is 0 Å². The minimum absolute atomic E-state index is 0.0243. The van der Waals surface area contributed by atoms with Gasteiger partial charge in [-0.2, -0.15) is 5.26 Å². The molecule has 1 saturated heterocycles. The Balaban J connectivity index is 2.03. The normalized spacial score (nSPS) is 17.6. The lowest BCUT2D eigenvalue weighted by molar-refractivity contribution is -0.136. The van der Waals surface area contributed by atoms with Crippen LogP contribution in [-0.2, 0) is 4.79 Å². The van der Waals surface area contributed by atoms with Crippen LogP contribution in [0.15, 0.2) is 24.3 Å². The lowest BCUT2D eigenvalue weighted by Crippen LogP contribution is -2.50. The van der Waals surface area contributed by atoms with Crippen LogP contribution in [0.1, 0.15) is 25.5 Å². The number of benzene rings is 1. The summed E-state index contributed by atoms with van der Waals surface area (Å²) < 4.78 is 0. The molecule has 0 bridgehead atoms. The summed E-state index contributed by atoms with van der Waals surface area (Å²) in [7, 11) is 0. The Bertz CT molecular complexity index is 545. The third-order valence-corrected chi connectivity index (χ3v) is 4.01. The molecule has 1 fully saturated rings. The van der Waals surface area contributed by atoms with Gasteiger partial charge in [-0.05, 0) is 17.7 Å². The van der Waals surface area contributed by atoms with Gasteiger partial charge in [0.2, 0.25) is 5.91 Å². The van der Waals surface area contributed by atoms with Crippen LogP contribution in [-0.4, -0.2) is 41.9 Å². The first-order valence-corrected chi connectivity index (χ1v) is 7.58. The minimum Gasteiger partial charge on any atom is -0.340 e. The molecule has 21 heavy (non-hydrogen) atoms. The van der Waals surface area contributed by atoms with E-state index < -0.39 is 0 Å². The van der Waals surface area contributed by atoms with Gasteiger partial charge in [0.15, 0.2) is 0 Å². The molecule has 4 nitrogen and oxygen atoms in total. The van der Waals surface area contributed by atoms with E-state index in [1.165, 1.54) is 0 Å². The van der Waals surface area contributed by atoms with Gasteiger partial charge in [-0.3, -0.25) is 9.69 Å². The average Bonchev–Trinajstić information content (AvgIpc) is 2.48. The van der Waals surface area contributed by atoms with Gasteiger partial charge in [0.1, 0.15) is 6.04 Å². The first-order valence-electron chi connectivity index (χ1n) is 7.21. The van der Waals surface area contributed by atoms with Crippen molar-refractivity contribution in [2.75, 3.05) is 26.2 Å². The summed E-state index contributed by atoms with van der Waals surface area (Å²) in [5.74, 6) is 0.210. The number of piperazine rings is 1. The lowest BCUT2D eigenvalue weighted by Gasteiger charge is -2.37. The molecule has 0 saturated carbocycles. The second-order valence-corrected chi connectivity index (χ2v) is 6.04. The Hall–Kier alpha value is -1.57. The van der Waals surface area contributed by atoms with Gasteiger partial charge in [-0.1, -0.05) is 37.6 Å². The highest BCUT2D eigenvalue weighted by molar-refractivity contribution is 6.30. The first-order chi connectivity index (χ1) is 10.0. The largest absolute Gasteiger partial charge is 0.340 e. The molecular weight excluding hydrogens is 286 g/mol. The number of hydrogen-bond acceptors (Lipinski definition) is 3. The smallest absolute Gasteiger partial charge is 0.225 e. The van der Waals surface area contributed by atoms with Crippen molar-refractivity contribution in [2.24, 2.45) is 5.92 Å². The Labute approximate surface area is 130 Å². The first kappa shape index (κ1) is 15.8. The fourth-order valence-electron chi connectivity index (χ4n) is 2.61. The molecule has 5 heteroatoms. The molecule has 0 N–H and O–H groups in total. The van der Waals surface area contributed by atoms with Crippen molar-refractivity contribution in [2.45, 2.75) is 19.9 Å². The van der Waals surface area contributed by atoms with Crippen LogP contribution >= 0.6 is 11.6 Å². The van der Waals surface area contributed by atoms with Crippen molar-refractivity contribution in [3.05, 3.63) is 34.9 Å². The van der Waals surface area contributed by atoms with Crippen LogP contribution in [0.3, 0.4) is 0 Å². The van der Waals surface area contributed by atoms with E-state index in [0.717, 1.165) is 5.56 Å². The van der Waals surface area contributed by atoms with Gasteiger partial charge < -0.3 is 4.90 Å². The van der Waals surface area contributed by atoms with Crippen LogP contribution in [0.2, 0.25) is 5.02 Å². The maximum absolute atomic E-state index is 12.0. The number of halogens is 1. The molecule has 1 aliphatic rings. The second-order valence-electron chi connectivity index (χ2n) is 5.60. The Morgan fingerprint density at radius 3 is 2.48 bits per heavy atom. The van der Waals surface area contributed by atoms with Crippen LogP contribution < -0.4 is 0 Å². The van der Waals surface area contributed by atoms with Crippen molar-refractivity contribution >= 4 is 17.5 Å². The molecule has 1 amide bonds. The number of carbonyl (C=O) groups excluding carboxylic acids is 1. The van der Waals surface area contributed by atoms with Crippen LogP contribution in [0.4, 0.5) is 0 Å². The molecule has 1 aliphatic heterocycles. The summed E-state index contributed by atoms with van der Waals surface area (Å²) in [4.78, 5) is 16.0. The van der Waals surface area contributed by atoms with E-state index in [1.54, 1.807) is 6.07 Å². The maximum atomic E-state index is 12.0. The second kappa shape index (κ2) is 6.93. The van der Waals surface area contributed by atoms with E-state index in [1.807, 2.05) is 36.9 Å². The molecule has 0 radical (unpaired) electrons. The number of carbonyl (C=O) groups is 1. The number of rotatable bonds is 3. The quantitative estimate of drug-likeness (QED) is 0.862. The van der Waals surface area contributed by atoms with Gasteiger partial charge in [0.05, 0.1) is 6.07 Å². The fraction of sp³-hybridized carbons (Fsp3) is 0.500. The topological polar surface area (TPSA) is 47.3 Å². The summed E-state index contributed by atoms with van der Waals surface area (Å²) in [6, 6.07) is 9.46. The highest BCUT2D eigenvalue weighted by atomic mass is 35.5. The Kier molecular flexibility index (Phi) is 5.22. The summed E-state index contributed by atoms with van der Waals surface area (Å²) in [6.07, 6.45) is 0. The molecule has 0 aromatic heterocycles. The van der Waals surface area contributed by atoms with Crippen molar-refractivity contribution in [3.8, 4) is 6.07 Å². The van der Waals surface area contributed by atoms with Gasteiger partial charge in [0, 0.05) is 37.1 Å². The van der Waals surface area contributed by atoms with Crippen molar-refractivity contribution in [1.29, 1.82) is 5.26 Å². The van der Waals surface area contributed by atoms with Crippen molar-refractivity contribution < 1.29 is 4.79 Å². The van der Waals surface area contributed by atoms with E-state index in [4.69, 9.17) is 11.6 Å². The highest BCUT2D eigenvalue weighted by Gasteiger charge is 2.27. The summed E-state index contributed by atoms with van der Waals surface area (Å²) in [5.41, 5.74) is 0.911. The van der Waals surface area contributed by atoms with E-state index in [9.17, 15) is 10.1 Å². The van der Waals surface area contributed by atoms with Gasteiger partial charge >= 0.3 is 0 Å². The Morgan fingerprint density at radius 1 is 1.29 bits per heavy atom. The average molecular weight is 306 g/mol. The standard InChI is InChI=1S/C16H20ClN3O/c1-12(2)16(21)20-8-6-19(7-9-20)15(11-18)13-4-3-5-14(17)10-13/h3-5,10,12,15H,6-9H2,1-2H3. The summed E-state index contributed by atoms with van der Waals surface area (Å²) in [6.45, 7) is 6.61. The van der Waals surface area contributed by atoms with Crippen LogP contribution in [0.5, 0.6) is 0 Å². The Morgan fingerprint density at radius 2 is 1.95 bits per heavy atom. The molecule has 0 spiro atoms. The number of nitrogens with zero attached hydrogens (tertiary/aromatic N) is 3. The zero-order chi connectivity index (χ0) is 15.4. The SMILES string of the molecule is CC(C)C(=O)N1CCN(C(C#N)c2cccc(Cl)c2)CC1.